The number of nitrogens with zero attached hydrogens (tertiary/aromatic N) is 1. The first kappa shape index (κ1) is 13.4. The molecular formula is C13H20N2O2. The predicted molar refractivity (Wildman–Crippen MR) is 68.5 cm³/mol. The van der Waals surface area contributed by atoms with Gasteiger partial charge >= 0.3 is 0 Å². The van der Waals surface area contributed by atoms with Gasteiger partial charge in [0.25, 0.3) is 0 Å². The Bertz CT molecular complexity index is 377. The van der Waals surface area contributed by atoms with E-state index in [9.17, 15) is 0 Å². The molecular weight excluding hydrogens is 216 g/mol. The summed E-state index contributed by atoms with van der Waals surface area (Å²) >= 11 is 0. The highest BCUT2D eigenvalue weighted by Crippen LogP contribution is 2.19. The fraction of sp³-hybridized carbons (Fsp3) is 0.462. The van der Waals surface area contributed by atoms with E-state index in [1.807, 2.05) is 18.2 Å². The molecule has 0 aromatic heterocycles. The maximum atomic E-state index is 8.68. The van der Waals surface area contributed by atoms with Crippen LogP contribution < -0.4 is 10.5 Å². The molecule has 0 heterocycles. The third kappa shape index (κ3) is 3.98. The van der Waals surface area contributed by atoms with Gasteiger partial charge in [0, 0.05) is 0 Å². The molecule has 4 nitrogen and oxygen atoms in total. The van der Waals surface area contributed by atoms with Gasteiger partial charge in [0.1, 0.15) is 5.75 Å². The van der Waals surface area contributed by atoms with E-state index in [1.165, 1.54) is 0 Å². The van der Waals surface area contributed by atoms with E-state index in [0.29, 0.717) is 23.8 Å². The Morgan fingerprint density at radius 3 is 2.82 bits per heavy atom. The van der Waals surface area contributed by atoms with Gasteiger partial charge in [-0.15, -0.1) is 0 Å². The van der Waals surface area contributed by atoms with Crippen molar-refractivity contribution >= 4 is 5.84 Å². The van der Waals surface area contributed by atoms with Gasteiger partial charge < -0.3 is 15.7 Å². The summed E-state index contributed by atoms with van der Waals surface area (Å²) in [6.07, 6.45) is 2.28. The number of nitrogens with two attached hydrogens (primary N) is 1. The number of amidine groups is 1. The van der Waals surface area contributed by atoms with Crippen molar-refractivity contribution in [3.8, 4) is 5.75 Å². The Morgan fingerprint density at radius 1 is 1.47 bits per heavy atom. The number of hydrogen-bond donors (Lipinski definition) is 2. The Balaban J connectivity index is 2.71. The molecule has 1 unspecified atom stereocenters. The highest BCUT2D eigenvalue weighted by Gasteiger charge is 2.09. The largest absolute Gasteiger partial charge is 0.493 e. The normalized spacial score (nSPS) is 13.4. The molecule has 17 heavy (non-hydrogen) atoms. The van der Waals surface area contributed by atoms with E-state index < -0.39 is 0 Å². The number of benzene rings is 1. The third-order valence-electron chi connectivity index (χ3n) is 2.58. The molecule has 0 fully saturated rings. The molecule has 1 aromatic carbocycles. The number of para-hydroxylation sites is 1. The average molecular weight is 236 g/mol. The monoisotopic (exact) mass is 236 g/mol. The van der Waals surface area contributed by atoms with Crippen LogP contribution in [0.25, 0.3) is 0 Å². The standard InChI is InChI=1S/C13H20N2O2/c1-3-6-10(2)9-17-12-8-5-4-7-11(12)13(14)15-16/h4-5,7-8,10,16H,3,6,9H2,1-2H3,(H2,14,15). The summed E-state index contributed by atoms with van der Waals surface area (Å²) in [5.41, 5.74) is 6.20. The van der Waals surface area contributed by atoms with Crippen molar-refractivity contribution in [3.05, 3.63) is 29.8 Å². The van der Waals surface area contributed by atoms with Crippen molar-refractivity contribution in [1.29, 1.82) is 0 Å². The van der Waals surface area contributed by atoms with Crippen LogP contribution >= 0.6 is 0 Å². The Kier molecular flexibility index (Phi) is 5.33. The fourth-order valence-electron chi connectivity index (χ4n) is 1.67. The summed E-state index contributed by atoms with van der Waals surface area (Å²) in [5, 5.41) is 11.7. The minimum Gasteiger partial charge on any atom is -0.493 e. The SMILES string of the molecule is CCCC(C)COc1ccccc1C(N)=NO. The minimum absolute atomic E-state index is 0.0729. The van der Waals surface area contributed by atoms with E-state index in [-0.39, 0.29) is 5.84 Å². The summed E-state index contributed by atoms with van der Waals surface area (Å²) in [7, 11) is 0. The minimum atomic E-state index is 0.0729. The van der Waals surface area contributed by atoms with E-state index in [4.69, 9.17) is 15.7 Å². The molecule has 1 aromatic rings. The van der Waals surface area contributed by atoms with Crippen LogP contribution in [0.15, 0.2) is 29.4 Å². The molecule has 0 radical (unpaired) electrons. The van der Waals surface area contributed by atoms with Crippen molar-refractivity contribution in [3.63, 3.8) is 0 Å². The van der Waals surface area contributed by atoms with Gasteiger partial charge in [-0.05, 0) is 24.5 Å². The molecule has 94 valence electrons. The van der Waals surface area contributed by atoms with Crippen molar-refractivity contribution < 1.29 is 9.94 Å². The molecule has 3 N–H and O–H groups in total. The third-order valence-corrected chi connectivity index (χ3v) is 2.58. The van der Waals surface area contributed by atoms with Gasteiger partial charge in [0.15, 0.2) is 5.84 Å². The molecule has 0 saturated carbocycles. The van der Waals surface area contributed by atoms with Gasteiger partial charge in [-0.2, -0.15) is 0 Å². The van der Waals surface area contributed by atoms with E-state index >= 15 is 0 Å². The lowest BCUT2D eigenvalue weighted by Crippen LogP contribution is -2.16. The average Bonchev–Trinajstić information content (AvgIpc) is 2.36. The summed E-state index contributed by atoms with van der Waals surface area (Å²) in [6, 6.07) is 7.30. The molecule has 0 aliphatic rings. The lowest BCUT2D eigenvalue weighted by Gasteiger charge is -2.14. The second-order valence-electron chi connectivity index (χ2n) is 4.19. The van der Waals surface area contributed by atoms with E-state index in [2.05, 4.69) is 19.0 Å². The van der Waals surface area contributed by atoms with Crippen LogP contribution in [-0.2, 0) is 0 Å². The summed E-state index contributed by atoms with van der Waals surface area (Å²) in [5.74, 6) is 1.23. The van der Waals surface area contributed by atoms with Crippen molar-refractivity contribution in [2.45, 2.75) is 26.7 Å². The summed E-state index contributed by atoms with van der Waals surface area (Å²) in [4.78, 5) is 0. The zero-order valence-electron chi connectivity index (χ0n) is 10.4. The lowest BCUT2D eigenvalue weighted by molar-refractivity contribution is 0.251. The maximum Gasteiger partial charge on any atom is 0.173 e. The molecule has 1 rings (SSSR count). The molecule has 4 heteroatoms. The Labute approximate surface area is 102 Å². The van der Waals surface area contributed by atoms with E-state index in [0.717, 1.165) is 12.8 Å². The number of hydrogen-bond acceptors (Lipinski definition) is 3. The highest BCUT2D eigenvalue weighted by molar-refractivity contribution is 5.99. The quantitative estimate of drug-likeness (QED) is 0.345. The second kappa shape index (κ2) is 6.78. The number of rotatable bonds is 6. The topological polar surface area (TPSA) is 67.8 Å². The van der Waals surface area contributed by atoms with Gasteiger partial charge in [-0.1, -0.05) is 37.6 Å². The first-order chi connectivity index (χ1) is 8.19. The van der Waals surface area contributed by atoms with Crippen LogP contribution in [0.2, 0.25) is 0 Å². The predicted octanol–water partition coefficient (Wildman–Crippen LogP) is 2.60. The van der Waals surface area contributed by atoms with Gasteiger partial charge in [-0.25, -0.2) is 0 Å². The first-order valence-corrected chi connectivity index (χ1v) is 5.88. The molecule has 0 aliphatic carbocycles. The van der Waals surface area contributed by atoms with Crippen LogP contribution in [0.1, 0.15) is 32.3 Å². The van der Waals surface area contributed by atoms with Crippen molar-refractivity contribution in [1.82, 2.24) is 0 Å². The number of ether oxygens (including phenoxy) is 1. The van der Waals surface area contributed by atoms with Gasteiger partial charge in [-0.3, -0.25) is 0 Å². The first-order valence-electron chi connectivity index (χ1n) is 5.88. The van der Waals surface area contributed by atoms with Crippen molar-refractivity contribution in [2.75, 3.05) is 6.61 Å². The zero-order chi connectivity index (χ0) is 12.7. The Hall–Kier alpha value is -1.71. The molecule has 0 amide bonds. The van der Waals surface area contributed by atoms with Crippen LogP contribution in [0.4, 0.5) is 0 Å². The maximum absolute atomic E-state index is 8.68. The summed E-state index contributed by atoms with van der Waals surface area (Å²) < 4.78 is 5.70. The van der Waals surface area contributed by atoms with Crippen LogP contribution in [0, 0.1) is 5.92 Å². The zero-order valence-corrected chi connectivity index (χ0v) is 10.4. The lowest BCUT2D eigenvalue weighted by atomic mass is 10.1. The molecule has 0 aliphatic heterocycles. The van der Waals surface area contributed by atoms with Crippen LogP contribution in [0.5, 0.6) is 5.75 Å². The van der Waals surface area contributed by atoms with Crippen molar-refractivity contribution in [2.24, 2.45) is 16.8 Å². The molecule has 0 bridgehead atoms. The molecule has 0 saturated heterocycles. The second-order valence-corrected chi connectivity index (χ2v) is 4.19. The fourth-order valence-corrected chi connectivity index (χ4v) is 1.67. The molecule has 0 spiro atoms. The van der Waals surface area contributed by atoms with Crippen LogP contribution in [-0.4, -0.2) is 17.6 Å². The van der Waals surface area contributed by atoms with Crippen LogP contribution in [0.3, 0.4) is 0 Å². The van der Waals surface area contributed by atoms with Gasteiger partial charge in [0.2, 0.25) is 0 Å². The highest BCUT2D eigenvalue weighted by atomic mass is 16.5. The van der Waals surface area contributed by atoms with E-state index in [1.54, 1.807) is 6.07 Å². The number of oxime groups is 1. The molecule has 1 atom stereocenters. The smallest absolute Gasteiger partial charge is 0.173 e. The summed E-state index contributed by atoms with van der Waals surface area (Å²) in [6.45, 7) is 4.94. The Morgan fingerprint density at radius 2 is 2.18 bits per heavy atom. The van der Waals surface area contributed by atoms with Gasteiger partial charge in [0.05, 0.1) is 12.2 Å².